The molecule has 0 aliphatic carbocycles. The summed E-state index contributed by atoms with van der Waals surface area (Å²) in [5, 5.41) is 0. The number of rotatable bonds is 45. The Morgan fingerprint density at radius 2 is 0.750 bits per heavy atom. The Balaban J connectivity index is 1.64. The number of esters is 1. The minimum absolute atomic E-state index is 0.399. The van der Waals surface area contributed by atoms with E-state index >= 15 is 0 Å². The van der Waals surface area contributed by atoms with Crippen LogP contribution in [-0.4, -0.2) is 68.7 Å². The number of hydrogen-bond acceptors (Lipinski definition) is 6. The van der Waals surface area contributed by atoms with E-state index in [0.717, 1.165) is 63.3 Å². The molecule has 388 valence electrons. The molecule has 1 aliphatic rings. The Labute approximate surface area is 418 Å². The molecule has 1 saturated heterocycles. The van der Waals surface area contributed by atoms with Gasteiger partial charge in [-0.2, -0.15) is 0 Å². The molecule has 0 amide bonds. The summed E-state index contributed by atoms with van der Waals surface area (Å²) < 4.78 is 25.7. The third-order valence-electron chi connectivity index (χ3n) is 13.7. The first-order valence-electron chi connectivity index (χ1n) is 28.9. The zero-order valence-electron chi connectivity index (χ0n) is 44.8. The van der Waals surface area contributed by atoms with Gasteiger partial charge in [0.05, 0.1) is 31.1 Å². The summed E-state index contributed by atoms with van der Waals surface area (Å²) in [7, 11) is 4.11. The second-order valence-corrected chi connectivity index (χ2v) is 20.2. The van der Waals surface area contributed by atoms with Gasteiger partial charge in [0.25, 0.3) is 0 Å². The zero-order valence-corrected chi connectivity index (χ0v) is 44.8. The molecule has 2 aromatic carbocycles. The number of hydrogen-bond donors (Lipinski definition) is 0. The average Bonchev–Trinajstić information content (AvgIpc) is 3.66. The standard InChI is InChI=1S/C60H103N3O5/c1-6-9-12-15-18-21-24-27-30-33-36-39-48-65-56-51-53(59(64)68-55-44-42-54(43-45-55)61-60-62(4)46-47-63(60)5)52-57(66-49-40-37-34-31-28-25-22-19-16-13-10-7-2)58(56)67-50-41-38-35-32-29-26-23-20-17-14-11-8-3/h42-45,51-52H,6-41,46-50H2,1-5H3. The molecule has 0 spiro atoms. The van der Waals surface area contributed by atoms with Crippen molar-refractivity contribution in [2.75, 3.05) is 47.0 Å². The lowest BCUT2D eigenvalue weighted by atomic mass is 10.1. The quantitative estimate of drug-likeness (QED) is 0.0372. The number of guanidine groups is 1. The maximum absolute atomic E-state index is 13.9. The number of ether oxygens (including phenoxy) is 4. The fraction of sp³-hybridized carbons (Fsp3) is 0.767. The Morgan fingerprint density at radius 1 is 0.441 bits per heavy atom. The Hall–Kier alpha value is -3.42. The van der Waals surface area contributed by atoms with Crippen LogP contribution in [0, 0.1) is 0 Å². The normalized spacial score (nSPS) is 12.6. The molecule has 1 heterocycles. The number of aliphatic imine (C=N–C) groups is 1. The monoisotopic (exact) mass is 946 g/mol. The summed E-state index contributed by atoms with van der Waals surface area (Å²) in [4.78, 5) is 23.1. The molecule has 0 radical (unpaired) electrons. The molecule has 1 aliphatic heterocycles. The van der Waals surface area contributed by atoms with Crippen LogP contribution >= 0.6 is 0 Å². The summed E-state index contributed by atoms with van der Waals surface area (Å²) in [6, 6.07) is 11.0. The minimum Gasteiger partial charge on any atom is -0.490 e. The van der Waals surface area contributed by atoms with Gasteiger partial charge >= 0.3 is 5.97 Å². The smallest absolute Gasteiger partial charge is 0.343 e. The molecule has 0 unspecified atom stereocenters. The van der Waals surface area contributed by atoms with Crippen molar-refractivity contribution in [3.63, 3.8) is 0 Å². The van der Waals surface area contributed by atoms with Crippen molar-refractivity contribution in [2.45, 2.75) is 252 Å². The Kier molecular flexibility index (Phi) is 34.9. The molecular weight excluding hydrogens is 843 g/mol. The topological polar surface area (TPSA) is 72.8 Å². The van der Waals surface area contributed by atoms with Gasteiger partial charge in [0, 0.05) is 27.2 Å². The molecule has 2 aromatic rings. The molecule has 0 N–H and O–H groups in total. The van der Waals surface area contributed by atoms with Crippen molar-refractivity contribution in [3.05, 3.63) is 42.0 Å². The van der Waals surface area contributed by atoms with Gasteiger partial charge in [-0.25, -0.2) is 9.79 Å². The van der Waals surface area contributed by atoms with E-state index in [0.29, 0.717) is 48.4 Å². The lowest BCUT2D eigenvalue weighted by Gasteiger charge is -2.19. The zero-order chi connectivity index (χ0) is 48.5. The van der Waals surface area contributed by atoms with Crippen molar-refractivity contribution < 1.29 is 23.7 Å². The van der Waals surface area contributed by atoms with Crippen molar-refractivity contribution in [1.29, 1.82) is 0 Å². The van der Waals surface area contributed by atoms with E-state index in [-0.39, 0.29) is 0 Å². The molecular formula is C60H103N3O5. The molecule has 8 heteroatoms. The van der Waals surface area contributed by atoms with Crippen molar-refractivity contribution >= 4 is 17.6 Å². The van der Waals surface area contributed by atoms with Gasteiger partial charge in [-0.05, 0) is 55.7 Å². The lowest BCUT2D eigenvalue weighted by Crippen LogP contribution is -2.27. The van der Waals surface area contributed by atoms with Gasteiger partial charge in [0.2, 0.25) is 11.7 Å². The van der Waals surface area contributed by atoms with E-state index in [1.165, 1.54) is 193 Å². The van der Waals surface area contributed by atoms with Gasteiger partial charge in [-0.15, -0.1) is 0 Å². The van der Waals surface area contributed by atoms with E-state index in [1.54, 1.807) is 0 Å². The summed E-state index contributed by atoms with van der Waals surface area (Å²) >= 11 is 0. The van der Waals surface area contributed by atoms with E-state index in [2.05, 4.69) is 44.7 Å². The number of unbranched alkanes of at least 4 members (excludes halogenated alkanes) is 33. The first kappa shape index (κ1) is 58.9. The SMILES string of the molecule is CCCCCCCCCCCCCCOc1cc(C(=O)Oc2ccc(N=C3N(C)CCN3C)cc2)cc(OCCCCCCCCCCCCCC)c1OCCCCCCCCCCCCCC. The summed E-state index contributed by atoms with van der Waals surface area (Å²) in [5.74, 6) is 2.72. The number of nitrogens with zero attached hydrogens (tertiary/aromatic N) is 3. The fourth-order valence-corrected chi connectivity index (χ4v) is 9.25. The number of carbonyl (C=O) groups is 1. The largest absolute Gasteiger partial charge is 0.490 e. The predicted octanol–water partition coefficient (Wildman–Crippen LogP) is 18.0. The van der Waals surface area contributed by atoms with Crippen molar-refractivity contribution in [2.24, 2.45) is 4.99 Å². The summed E-state index contributed by atoms with van der Waals surface area (Å²) in [5.41, 5.74) is 1.22. The third-order valence-corrected chi connectivity index (χ3v) is 13.7. The number of carbonyl (C=O) groups excluding carboxylic acids is 1. The first-order valence-corrected chi connectivity index (χ1v) is 28.9. The van der Waals surface area contributed by atoms with Gasteiger partial charge in [0.1, 0.15) is 5.75 Å². The first-order chi connectivity index (χ1) is 33.5. The average molecular weight is 946 g/mol. The highest BCUT2D eigenvalue weighted by atomic mass is 16.5. The van der Waals surface area contributed by atoms with Gasteiger partial charge in [-0.3, -0.25) is 0 Å². The highest BCUT2D eigenvalue weighted by molar-refractivity contribution is 5.93. The second-order valence-electron chi connectivity index (χ2n) is 20.2. The van der Waals surface area contributed by atoms with Gasteiger partial charge in [0.15, 0.2) is 11.5 Å². The number of likely N-dealkylation sites (N-methyl/N-ethyl adjacent to an activating group) is 2. The van der Waals surface area contributed by atoms with E-state index in [9.17, 15) is 4.79 Å². The summed E-state index contributed by atoms with van der Waals surface area (Å²) in [6.45, 7) is 10.5. The van der Waals surface area contributed by atoms with Crippen LogP contribution in [0.2, 0.25) is 0 Å². The highest BCUT2D eigenvalue weighted by Crippen LogP contribution is 2.40. The van der Waals surface area contributed by atoms with Gasteiger partial charge in [-0.1, -0.05) is 233 Å². The van der Waals surface area contributed by atoms with Gasteiger partial charge < -0.3 is 28.7 Å². The molecule has 3 rings (SSSR count). The van der Waals surface area contributed by atoms with E-state index in [1.807, 2.05) is 36.4 Å². The van der Waals surface area contributed by atoms with Crippen LogP contribution in [0.3, 0.4) is 0 Å². The molecule has 0 saturated carbocycles. The fourth-order valence-electron chi connectivity index (χ4n) is 9.25. The predicted molar refractivity (Wildman–Crippen MR) is 290 cm³/mol. The molecule has 68 heavy (non-hydrogen) atoms. The molecule has 1 fully saturated rings. The van der Waals surface area contributed by atoms with Crippen LogP contribution in [-0.2, 0) is 0 Å². The summed E-state index contributed by atoms with van der Waals surface area (Å²) in [6.07, 6.45) is 46.5. The Bertz CT molecular complexity index is 1480. The second kappa shape index (κ2) is 40.3. The van der Waals surface area contributed by atoms with Crippen molar-refractivity contribution in [3.8, 4) is 23.0 Å². The van der Waals surface area contributed by atoms with Crippen LogP contribution in [0.4, 0.5) is 5.69 Å². The molecule has 0 atom stereocenters. The minimum atomic E-state index is -0.447. The van der Waals surface area contributed by atoms with Crippen LogP contribution in [0.1, 0.15) is 262 Å². The van der Waals surface area contributed by atoms with Crippen LogP contribution in [0.5, 0.6) is 23.0 Å². The van der Waals surface area contributed by atoms with Crippen LogP contribution in [0.25, 0.3) is 0 Å². The maximum atomic E-state index is 13.9. The lowest BCUT2D eigenvalue weighted by molar-refractivity contribution is 0.0733. The van der Waals surface area contributed by atoms with Crippen LogP contribution in [0.15, 0.2) is 41.4 Å². The molecule has 8 nitrogen and oxygen atoms in total. The van der Waals surface area contributed by atoms with E-state index < -0.39 is 5.97 Å². The highest BCUT2D eigenvalue weighted by Gasteiger charge is 2.22. The van der Waals surface area contributed by atoms with Crippen molar-refractivity contribution in [1.82, 2.24) is 9.80 Å². The maximum Gasteiger partial charge on any atom is 0.343 e. The van der Waals surface area contributed by atoms with E-state index in [4.69, 9.17) is 23.9 Å². The Morgan fingerprint density at radius 3 is 1.09 bits per heavy atom. The third kappa shape index (κ3) is 27.7. The van der Waals surface area contributed by atoms with Crippen LogP contribution < -0.4 is 18.9 Å². The number of benzene rings is 2. The molecule has 0 aromatic heterocycles. The molecule has 0 bridgehead atoms.